The molecule has 11 nitrogen and oxygen atoms in total. The van der Waals surface area contributed by atoms with Crippen molar-refractivity contribution in [3.63, 3.8) is 0 Å². The average molecular weight is 558 g/mol. The van der Waals surface area contributed by atoms with Gasteiger partial charge >= 0.3 is 6.03 Å². The predicted octanol–water partition coefficient (Wildman–Crippen LogP) is 3.83. The zero-order valence-corrected chi connectivity index (χ0v) is 22.8. The Labute approximate surface area is 238 Å². The number of aromatic nitrogens is 2. The van der Waals surface area contributed by atoms with Crippen LogP contribution in [0.15, 0.2) is 66.7 Å². The number of nitrogen functional groups attached to an aromatic ring is 1. The van der Waals surface area contributed by atoms with E-state index in [1.807, 2.05) is 66.7 Å². The lowest BCUT2D eigenvalue weighted by Crippen LogP contribution is -2.53. The Morgan fingerprint density at radius 2 is 1.56 bits per heavy atom. The van der Waals surface area contributed by atoms with E-state index in [4.69, 9.17) is 19.9 Å². The number of nitrogens with zero attached hydrogens (tertiary/aromatic N) is 3. The second kappa shape index (κ2) is 12.6. The summed E-state index contributed by atoms with van der Waals surface area (Å²) in [5.74, 6) is 1.11. The Bertz CT molecular complexity index is 1450. The van der Waals surface area contributed by atoms with Crippen LogP contribution in [0.25, 0.3) is 22.0 Å². The van der Waals surface area contributed by atoms with Crippen LogP contribution in [-0.2, 0) is 9.47 Å². The monoisotopic (exact) mass is 557 g/mol. The number of nitrogens with two attached hydrogens (primary N) is 1. The molecule has 4 aromatic rings. The van der Waals surface area contributed by atoms with E-state index < -0.39 is 0 Å². The molecular formula is C30H35N7O4. The number of carbonyl (C=O) groups is 1. The van der Waals surface area contributed by atoms with Gasteiger partial charge in [-0.3, -0.25) is 14.9 Å². The molecule has 3 heterocycles. The number of nitrogens with one attached hydrogen (secondary N) is 3. The molecule has 1 atom stereocenters. The van der Waals surface area contributed by atoms with E-state index in [-0.39, 0.29) is 12.3 Å². The second-order valence-corrected chi connectivity index (χ2v) is 10.1. The average Bonchev–Trinajstić information content (AvgIpc) is 3.41. The van der Waals surface area contributed by atoms with Gasteiger partial charge in [0.05, 0.1) is 31.8 Å². The normalized spacial score (nSPS) is 17.3. The van der Waals surface area contributed by atoms with Crippen LogP contribution in [0, 0.1) is 0 Å². The SMILES string of the molecule is Nc1n[nH]c2c(OC(CN3CCOCC3)N3CCOCC3)ccc(-c3ccc(NC(=O)Nc4ccccc4)cc3)c12. The Balaban J connectivity index is 1.21. The van der Waals surface area contributed by atoms with Crippen LogP contribution in [0.1, 0.15) is 0 Å². The zero-order chi connectivity index (χ0) is 28.0. The standard InChI is InChI=1S/C30H35N7O4/c31-29-27-24(21-6-8-23(9-7-21)33-30(38)32-22-4-2-1-3-5-22)10-11-25(28(27)34-35-29)41-26(37-14-18-40-19-15-37)20-36-12-16-39-17-13-36/h1-11,26H,12-20H2,(H3,31,34,35)(H2,32,33,38). The number of benzene rings is 3. The van der Waals surface area contributed by atoms with Crippen LogP contribution in [0.4, 0.5) is 22.0 Å². The minimum absolute atomic E-state index is 0.150. The molecule has 0 radical (unpaired) electrons. The van der Waals surface area contributed by atoms with Gasteiger partial charge in [-0.2, -0.15) is 5.10 Å². The highest BCUT2D eigenvalue weighted by Crippen LogP contribution is 2.37. The molecule has 6 rings (SSSR count). The van der Waals surface area contributed by atoms with Gasteiger partial charge in [0.1, 0.15) is 11.3 Å². The number of morpholine rings is 2. The second-order valence-electron chi connectivity index (χ2n) is 10.1. The molecule has 1 unspecified atom stereocenters. The van der Waals surface area contributed by atoms with Gasteiger partial charge in [-0.1, -0.05) is 30.3 Å². The van der Waals surface area contributed by atoms with E-state index >= 15 is 0 Å². The maximum Gasteiger partial charge on any atom is 0.323 e. The van der Waals surface area contributed by atoms with Crippen LogP contribution >= 0.6 is 0 Å². The first-order chi connectivity index (χ1) is 20.1. The van der Waals surface area contributed by atoms with Crippen LogP contribution in [-0.4, -0.2) is 91.4 Å². The van der Waals surface area contributed by atoms with Gasteiger partial charge in [0.25, 0.3) is 0 Å². The molecule has 2 saturated heterocycles. The molecule has 0 saturated carbocycles. The third-order valence-electron chi connectivity index (χ3n) is 7.43. The van der Waals surface area contributed by atoms with Crippen molar-refractivity contribution in [1.82, 2.24) is 20.0 Å². The molecule has 3 aromatic carbocycles. The van der Waals surface area contributed by atoms with Crippen LogP contribution in [0.3, 0.4) is 0 Å². The maximum atomic E-state index is 12.4. The maximum absolute atomic E-state index is 12.4. The van der Waals surface area contributed by atoms with Crippen LogP contribution in [0.2, 0.25) is 0 Å². The number of para-hydroxylation sites is 1. The van der Waals surface area contributed by atoms with E-state index in [2.05, 4.69) is 30.6 Å². The van der Waals surface area contributed by atoms with E-state index in [0.29, 0.717) is 30.5 Å². The summed E-state index contributed by atoms with van der Waals surface area (Å²) in [5.41, 5.74) is 10.4. The first-order valence-electron chi connectivity index (χ1n) is 13.9. The van der Waals surface area contributed by atoms with Crippen molar-refractivity contribution in [2.24, 2.45) is 0 Å². The molecule has 41 heavy (non-hydrogen) atoms. The van der Waals surface area contributed by atoms with E-state index in [0.717, 1.165) is 73.7 Å². The number of H-pyrrole nitrogens is 1. The number of amides is 2. The van der Waals surface area contributed by atoms with Crippen molar-refractivity contribution in [3.8, 4) is 16.9 Å². The van der Waals surface area contributed by atoms with Gasteiger partial charge in [-0.05, 0) is 47.5 Å². The molecule has 0 bridgehead atoms. The van der Waals surface area contributed by atoms with Crippen molar-refractivity contribution >= 4 is 34.1 Å². The molecule has 2 amide bonds. The van der Waals surface area contributed by atoms with Gasteiger partial charge in [0, 0.05) is 44.1 Å². The molecule has 5 N–H and O–H groups in total. The Morgan fingerprint density at radius 1 is 0.902 bits per heavy atom. The fraction of sp³-hybridized carbons (Fsp3) is 0.333. The smallest absolute Gasteiger partial charge is 0.323 e. The molecule has 2 aliphatic rings. The minimum Gasteiger partial charge on any atom is -0.471 e. The topological polar surface area (TPSA) is 130 Å². The molecule has 11 heteroatoms. The highest BCUT2D eigenvalue weighted by molar-refractivity contribution is 6.04. The lowest BCUT2D eigenvalue weighted by atomic mass is 10.0. The molecule has 0 spiro atoms. The third kappa shape index (κ3) is 6.44. The number of rotatable bonds is 8. The van der Waals surface area contributed by atoms with Gasteiger partial charge < -0.3 is 30.6 Å². The number of hydrogen-bond acceptors (Lipinski definition) is 8. The Morgan fingerprint density at radius 3 is 2.27 bits per heavy atom. The minimum atomic E-state index is -0.307. The quantitative estimate of drug-likeness (QED) is 0.257. The first kappa shape index (κ1) is 27.0. The number of urea groups is 1. The summed E-state index contributed by atoms with van der Waals surface area (Å²) in [4.78, 5) is 17.1. The van der Waals surface area contributed by atoms with Crippen molar-refractivity contribution in [2.75, 3.05) is 75.5 Å². The van der Waals surface area contributed by atoms with E-state index in [1.165, 1.54) is 0 Å². The number of carbonyl (C=O) groups excluding carboxylic acids is 1. The van der Waals surface area contributed by atoms with Gasteiger partial charge in [-0.25, -0.2) is 4.79 Å². The van der Waals surface area contributed by atoms with Crippen LogP contribution < -0.4 is 21.1 Å². The lowest BCUT2D eigenvalue weighted by molar-refractivity contribution is -0.0682. The largest absolute Gasteiger partial charge is 0.471 e. The Hall–Kier alpha value is -4.16. The van der Waals surface area contributed by atoms with Crippen molar-refractivity contribution in [3.05, 3.63) is 66.7 Å². The van der Waals surface area contributed by atoms with Gasteiger partial charge in [0.15, 0.2) is 12.0 Å². The van der Waals surface area contributed by atoms with Gasteiger partial charge in [0.2, 0.25) is 0 Å². The van der Waals surface area contributed by atoms with E-state index in [9.17, 15) is 4.79 Å². The predicted molar refractivity (Wildman–Crippen MR) is 159 cm³/mol. The fourth-order valence-electron chi connectivity index (χ4n) is 5.26. The first-order valence-corrected chi connectivity index (χ1v) is 13.9. The summed E-state index contributed by atoms with van der Waals surface area (Å²) in [6.45, 7) is 7.00. The molecule has 0 aliphatic carbocycles. The molecule has 2 fully saturated rings. The summed E-state index contributed by atoms with van der Waals surface area (Å²) in [6, 6.07) is 20.6. The lowest BCUT2D eigenvalue weighted by Gasteiger charge is -2.38. The summed E-state index contributed by atoms with van der Waals surface area (Å²) in [6.07, 6.45) is -0.150. The molecular weight excluding hydrogens is 522 g/mol. The summed E-state index contributed by atoms with van der Waals surface area (Å²) < 4.78 is 17.8. The summed E-state index contributed by atoms with van der Waals surface area (Å²) in [7, 11) is 0. The third-order valence-corrected chi connectivity index (χ3v) is 7.43. The highest BCUT2D eigenvalue weighted by atomic mass is 16.5. The number of aromatic amines is 1. The van der Waals surface area contributed by atoms with Crippen LogP contribution in [0.5, 0.6) is 5.75 Å². The summed E-state index contributed by atoms with van der Waals surface area (Å²) >= 11 is 0. The Kier molecular flexibility index (Phi) is 8.28. The zero-order valence-electron chi connectivity index (χ0n) is 22.8. The molecule has 214 valence electrons. The number of anilines is 3. The molecule has 1 aromatic heterocycles. The van der Waals surface area contributed by atoms with Gasteiger partial charge in [-0.15, -0.1) is 0 Å². The summed E-state index contributed by atoms with van der Waals surface area (Å²) in [5, 5.41) is 13.9. The van der Waals surface area contributed by atoms with Crippen molar-refractivity contribution in [2.45, 2.75) is 6.23 Å². The van der Waals surface area contributed by atoms with Crippen molar-refractivity contribution in [1.29, 1.82) is 0 Å². The number of fused-ring (bicyclic) bond motifs is 1. The van der Waals surface area contributed by atoms with Crippen molar-refractivity contribution < 1.29 is 19.0 Å². The fourth-order valence-corrected chi connectivity index (χ4v) is 5.26. The van der Waals surface area contributed by atoms with E-state index in [1.54, 1.807) is 0 Å². The number of hydrogen-bond donors (Lipinski definition) is 4. The number of ether oxygens (including phenoxy) is 3. The molecule has 2 aliphatic heterocycles. The highest BCUT2D eigenvalue weighted by Gasteiger charge is 2.27.